The fourth-order valence-electron chi connectivity index (χ4n) is 3.98. The third-order valence-corrected chi connectivity index (χ3v) is 6.24. The van der Waals surface area contributed by atoms with Crippen LogP contribution in [0.5, 0.6) is 11.5 Å². The molecular weight excluding hydrogens is 513 g/mol. The van der Waals surface area contributed by atoms with Crippen LogP contribution in [0.25, 0.3) is 5.76 Å². The molecule has 2 aromatic carbocycles. The molecule has 186 valence electrons. The number of hydrogen-bond acceptors (Lipinski definition) is 8. The van der Waals surface area contributed by atoms with E-state index in [2.05, 4.69) is 0 Å². The van der Waals surface area contributed by atoms with Crippen LogP contribution in [-0.2, 0) is 14.3 Å². The third kappa shape index (κ3) is 4.06. The van der Waals surface area contributed by atoms with Crippen molar-refractivity contribution in [1.82, 2.24) is 0 Å². The molecule has 1 aliphatic heterocycles. The number of methoxy groups -OCH3 is 3. The number of ether oxygens (including phenoxy) is 3. The molecule has 11 heteroatoms. The maximum Gasteiger partial charge on any atom is 0.337 e. The Hall–Kier alpha value is -3.95. The van der Waals surface area contributed by atoms with E-state index in [4.69, 9.17) is 41.8 Å². The monoisotopic (exact) mass is 531 g/mol. The van der Waals surface area contributed by atoms with Gasteiger partial charge in [-0.2, -0.15) is 0 Å². The highest BCUT2D eigenvalue weighted by atomic mass is 35.5. The van der Waals surface area contributed by atoms with Crippen molar-refractivity contribution in [2.24, 2.45) is 0 Å². The molecule has 1 fully saturated rings. The zero-order valence-electron chi connectivity index (χ0n) is 19.2. The van der Waals surface area contributed by atoms with Gasteiger partial charge in [0.15, 0.2) is 11.5 Å². The number of amides is 1. The molecule has 0 spiro atoms. The molecule has 3 aromatic rings. The van der Waals surface area contributed by atoms with Crippen LogP contribution in [0.3, 0.4) is 0 Å². The van der Waals surface area contributed by atoms with Crippen LogP contribution < -0.4 is 14.4 Å². The number of carbonyl (C=O) groups excluding carboxylic acids is 3. The first-order valence-corrected chi connectivity index (χ1v) is 11.1. The zero-order chi connectivity index (χ0) is 26.1. The average molecular weight is 532 g/mol. The molecular formula is C25H19Cl2NO8. The van der Waals surface area contributed by atoms with E-state index in [9.17, 15) is 19.5 Å². The lowest BCUT2D eigenvalue weighted by Crippen LogP contribution is -2.29. The standard InChI is InChI=1S/C25H19Cl2NO8/c1-33-22-14(11-15(26)23(34-2)18(22)27)20(29)17-19(16-5-4-10-36-16)28(24(31)21(17)30)13-8-6-12(7-9-13)25(32)35-3/h4-11,19,29H,1-3H3/b20-17-. The van der Waals surface area contributed by atoms with Gasteiger partial charge in [0.2, 0.25) is 0 Å². The molecule has 1 aliphatic rings. The lowest BCUT2D eigenvalue weighted by Gasteiger charge is -2.24. The fraction of sp³-hybridized carbons (Fsp3) is 0.160. The number of ketones is 1. The second-order valence-electron chi connectivity index (χ2n) is 7.51. The fourth-order valence-corrected chi connectivity index (χ4v) is 4.67. The molecule has 1 saturated heterocycles. The van der Waals surface area contributed by atoms with Crippen LogP contribution in [0.1, 0.15) is 27.7 Å². The van der Waals surface area contributed by atoms with E-state index in [1.165, 1.54) is 57.9 Å². The number of furan rings is 1. The minimum Gasteiger partial charge on any atom is -0.507 e. The summed E-state index contributed by atoms with van der Waals surface area (Å²) in [7, 11) is 3.93. The van der Waals surface area contributed by atoms with Crippen molar-refractivity contribution in [3.63, 3.8) is 0 Å². The number of rotatable bonds is 6. The highest BCUT2D eigenvalue weighted by Gasteiger charge is 2.48. The van der Waals surface area contributed by atoms with Gasteiger partial charge < -0.3 is 23.7 Å². The van der Waals surface area contributed by atoms with Gasteiger partial charge in [-0.25, -0.2) is 4.79 Å². The first-order chi connectivity index (χ1) is 17.2. The second-order valence-corrected chi connectivity index (χ2v) is 8.29. The lowest BCUT2D eigenvalue weighted by atomic mass is 9.98. The van der Waals surface area contributed by atoms with Gasteiger partial charge in [-0.1, -0.05) is 23.2 Å². The Kier molecular flexibility index (Phi) is 6.96. The lowest BCUT2D eigenvalue weighted by molar-refractivity contribution is -0.132. The molecule has 1 atom stereocenters. The first-order valence-electron chi connectivity index (χ1n) is 10.4. The van der Waals surface area contributed by atoms with Gasteiger partial charge in [-0.05, 0) is 42.5 Å². The van der Waals surface area contributed by atoms with Crippen LogP contribution in [-0.4, -0.2) is 44.1 Å². The molecule has 0 radical (unpaired) electrons. The van der Waals surface area contributed by atoms with Gasteiger partial charge in [0, 0.05) is 5.69 Å². The van der Waals surface area contributed by atoms with Crippen LogP contribution >= 0.6 is 23.2 Å². The summed E-state index contributed by atoms with van der Waals surface area (Å²) >= 11 is 12.6. The quantitative estimate of drug-likeness (QED) is 0.204. The topological polar surface area (TPSA) is 116 Å². The average Bonchev–Trinajstić information content (AvgIpc) is 3.50. The van der Waals surface area contributed by atoms with Crippen molar-refractivity contribution in [3.8, 4) is 11.5 Å². The van der Waals surface area contributed by atoms with Crippen LogP contribution in [0, 0.1) is 0 Å². The van der Waals surface area contributed by atoms with E-state index in [-0.39, 0.29) is 49.7 Å². The molecule has 36 heavy (non-hydrogen) atoms. The van der Waals surface area contributed by atoms with Gasteiger partial charge in [-0.3, -0.25) is 14.5 Å². The minimum atomic E-state index is -1.15. The zero-order valence-corrected chi connectivity index (χ0v) is 20.7. The Morgan fingerprint density at radius 3 is 2.25 bits per heavy atom. The maximum absolute atomic E-state index is 13.3. The molecule has 4 rings (SSSR count). The number of Topliss-reactive ketones (excluding diaryl/α,β-unsaturated/α-hetero) is 1. The number of nitrogens with zero attached hydrogens (tertiary/aromatic N) is 1. The van der Waals surface area contributed by atoms with Gasteiger partial charge in [0.25, 0.3) is 11.7 Å². The summed E-state index contributed by atoms with van der Waals surface area (Å²) in [4.78, 5) is 39.5. The summed E-state index contributed by atoms with van der Waals surface area (Å²) in [6.45, 7) is 0. The largest absolute Gasteiger partial charge is 0.507 e. The van der Waals surface area contributed by atoms with Gasteiger partial charge in [-0.15, -0.1) is 0 Å². The van der Waals surface area contributed by atoms with Crippen molar-refractivity contribution in [2.75, 3.05) is 26.2 Å². The summed E-state index contributed by atoms with van der Waals surface area (Å²) in [6.07, 6.45) is 1.37. The highest BCUT2D eigenvalue weighted by Crippen LogP contribution is 2.48. The minimum absolute atomic E-state index is 0.0118. The predicted octanol–water partition coefficient (Wildman–Crippen LogP) is 5.02. The number of esters is 1. The number of hydrogen-bond donors (Lipinski definition) is 1. The molecule has 1 N–H and O–H groups in total. The summed E-state index contributed by atoms with van der Waals surface area (Å²) in [5, 5.41) is 11.4. The number of aliphatic hydroxyl groups excluding tert-OH is 1. The number of aliphatic hydroxyl groups is 1. The van der Waals surface area contributed by atoms with Gasteiger partial charge >= 0.3 is 5.97 Å². The third-order valence-electron chi connectivity index (χ3n) is 5.62. The predicted molar refractivity (Wildman–Crippen MR) is 131 cm³/mol. The Bertz CT molecular complexity index is 1380. The maximum atomic E-state index is 13.3. The van der Waals surface area contributed by atoms with Crippen molar-refractivity contribution < 1.29 is 38.1 Å². The normalized spacial score (nSPS) is 16.8. The summed E-state index contributed by atoms with van der Waals surface area (Å²) < 4.78 is 20.8. The number of benzene rings is 2. The van der Waals surface area contributed by atoms with Crippen LogP contribution in [0.15, 0.2) is 58.7 Å². The Labute approximate surface area is 215 Å². The van der Waals surface area contributed by atoms with Crippen molar-refractivity contribution in [2.45, 2.75) is 6.04 Å². The van der Waals surface area contributed by atoms with Gasteiger partial charge in [0.05, 0.1) is 49.3 Å². The van der Waals surface area contributed by atoms with E-state index >= 15 is 0 Å². The molecule has 0 bridgehead atoms. The molecule has 1 unspecified atom stereocenters. The van der Waals surface area contributed by atoms with E-state index in [1.54, 1.807) is 12.1 Å². The molecule has 0 aliphatic carbocycles. The number of anilines is 1. The molecule has 2 heterocycles. The van der Waals surface area contributed by atoms with Crippen LogP contribution in [0.4, 0.5) is 5.69 Å². The van der Waals surface area contributed by atoms with E-state index in [1.807, 2.05) is 0 Å². The van der Waals surface area contributed by atoms with E-state index in [0.717, 1.165) is 4.90 Å². The smallest absolute Gasteiger partial charge is 0.337 e. The number of halogens is 2. The highest BCUT2D eigenvalue weighted by molar-refractivity contribution is 6.52. The molecule has 1 aromatic heterocycles. The van der Waals surface area contributed by atoms with Crippen molar-refractivity contribution in [3.05, 3.63) is 81.2 Å². The molecule has 0 saturated carbocycles. The number of carbonyl (C=O) groups is 3. The van der Waals surface area contributed by atoms with Crippen molar-refractivity contribution >= 4 is 52.3 Å². The SMILES string of the molecule is COC(=O)c1ccc(N2C(=O)C(=O)/C(=C(\O)c3cc(Cl)c(OC)c(Cl)c3OC)C2c2ccco2)cc1. The van der Waals surface area contributed by atoms with Crippen LogP contribution in [0.2, 0.25) is 10.0 Å². The second kappa shape index (κ2) is 9.96. The summed E-state index contributed by atoms with van der Waals surface area (Å²) in [6, 6.07) is 9.18. The molecule has 1 amide bonds. The van der Waals surface area contributed by atoms with Gasteiger partial charge in [0.1, 0.15) is 22.6 Å². The van der Waals surface area contributed by atoms with E-state index in [0.29, 0.717) is 0 Å². The molecule has 9 nitrogen and oxygen atoms in total. The summed E-state index contributed by atoms with van der Waals surface area (Å²) in [5.41, 5.74) is 0.231. The van der Waals surface area contributed by atoms with E-state index < -0.39 is 29.5 Å². The van der Waals surface area contributed by atoms with Crippen molar-refractivity contribution in [1.29, 1.82) is 0 Å². The summed E-state index contributed by atoms with van der Waals surface area (Å²) in [5.74, 6) is -2.73. The first kappa shape index (κ1) is 25.2. The Morgan fingerprint density at radius 2 is 1.69 bits per heavy atom. The Balaban J connectivity index is 1.93. The Morgan fingerprint density at radius 1 is 1.03 bits per heavy atom.